The van der Waals surface area contributed by atoms with Crippen molar-refractivity contribution in [2.45, 2.75) is 44.5 Å². The molecule has 0 spiro atoms. The molecule has 1 aromatic carbocycles. The number of nitrogens with one attached hydrogen (secondary N) is 2. The zero-order valence-corrected chi connectivity index (χ0v) is 16.9. The molecule has 0 aromatic heterocycles. The molecular formula is C16H20BrF3N2O3S. The number of hydrogen-bond acceptors (Lipinski definition) is 3. The maximum atomic E-state index is 12.4. The lowest BCUT2D eigenvalue weighted by Gasteiger charge is -2.22. The lowest BCUT2D eigenvalue weighted by Crippen LogP contribution is -2.34. The summed E-state index contributed by atoms with van der Waals surface area (Å²) in [6.07, 6.45) is -5.95. The van der Waals surface area contributed by atoms with Crippen LogP contribution in [0.3, 0.4) is 0 Å². The van der Waals surface area contributed by atoms with Crippen LogP contribution < -0.4 is 10.0 Å². The number of sulfonamides is 1. The Morgan fingerprint density at radius 3 is 2.31 bits per heavy atom. The summed E-state index contributed by atoms with van der Waals surface area (Å²) in [6.45, 7) is 7.89. The fourth-order valence-electron chi connectivity index (χ4n) is 1.67. The van der Waals surface area contributed by atoms with Crippen molar-refractivity contribution < 1.29 is 26.4 Å². The van der Waals surface area contributed by atoms with Gasteiger partial charge in [-0.1, -0.05) is 22.5 Å². The number of amides is 1. The summed E-state index contributed by atoms with van der Waals surface area (Å²) in [5.41, 5.74) is -0.137. The summed E-state index contributed by atoms with van der Waals surface area (Å²) in [6, 6.07) is 4.30. The Labute approximate surface area is 159 Å². The molecule has 26 heavy (non-hydrogen) atoms. The van der Waals surface area contributed by atoms with E-state index in [1.54, 1.807) is 0 Å². The summed E-state index contributed by atoms with van der Waals surface area (Å²) in [5, 5.41) is 2.27. The molecule has 5 nitrogen and oxygen atoms in total. The molecule has 0 fully saturated rings. The molecule has 0 saturated heterocycles. The van der Waals surface area contributed by atoms with Crippen LogP contribution in [0.15, 0.2) is 34.9 Å². The molecule has 0 atom stereocenters. The van der Waals surface area contributed by atoms with Crippen LogP contribution in [0, 0.1) is 0 Å². The third-order valence-electron chi connectivity index (χ3n) is 3.28. The maximum Gasteiger partial charge on any atom is 0.389 e. The van der Waals surface area contributed by atoms with Gasteiger partial charge in [-0.2, -0.15) is 13.2 Å². The standard InChI is InChI=1S/C16H20BrF3N2O3S/c1-10(7-8-16(18,19)20)21-14(23)12-9-11(17)5-6-13(12)22-26(24,25)15(2,3)4/h5-6,9,22H,1,7-8H2,2-4H3,(H,21,23). The van der Waals surface area contributed by atoms with Gasteiger partial charge in [0.15, 0.2) is 0 Å². The molecule has 0 bridgehead atoms. The van der Waals surface area contributed by atoms with Gasteiger partial charge < -0.3 is 5.32 Å². The Morgan fingerprint density at radius 1 is 1.23 bits per heavy atom. The van der Waals surface area contributed by atoms with Crippen molar-refractivity contribution in [2.24, 2.45) is 0 Å². The molecule has 0 aliphatic heterocycles. The van der Waals surface area contributed by atoms with Gasteiger partial charge in [0.05, 0.1) is 16.0 Å². The predicted molar refractivity (Wildman–Crippen MR) is 98.3 cm³/mol. The van der Waals surface area contributed by atoms with Crippen molar-refractivity contribution in [2.75, 3.05) is 4.72 Å². The SMILES string of the molecule is C=C(CCC(F)(F)F)NC(=O)c1cc(Br)ccc1NS(=O)(=O)C(C)(C)C. The van der Waals surface area contributed by atoms with E-state index in [0.717, 1.165) is 0 Å². The van der Waals surface area contributed by atoms with E-state index < -0.39 is 39.7 Å². The quantitative estimate of drug-likeness (QED) is 0.657. The van der Waals surface area contributed by atoms with Crippen LogP contribution >= 0.6 is 15.9 Å². The van der Waals surface area contributed by atoms with E-state index in [0.29, 0.717) is 4.47 Å². The van der Waals surface area contributed by atoms with Gasteiger partial charge in [-0.15, -0.1) is 0 Å². The fourth-order valence-corrected chi connectivity index (χ4v) is 2.81. The fraction of sp³-hybridized carbons (Fsp3) is 0.438. The number of anilines is 1. The number of carbonyl (C=O) groups excluding carboxylic acids is 1. The molecule has 146 valence electrons. The van der Waals surface area contributed by atoms with Crippen LogP contribution in [0.25, 0.3) is 0 Å². The number of carbonyl (C=O) groups is 1. The minimum atomic E-state index is -4.36. The number of allylic oxidation sites excluding steroid dienone is 1. The van der Waals surface area contributed by atoms with Gasteiger partial charge in [0.1, 0.15) is 0 Å². The zero-order chi connectivity index (χ0) is 20.3. The average molecular weight is 457 g/mol. The van der Waals surface area contributed by atoms with E-state index in [-0.39, 0.29) is 16.9 Å². The second-order valence-corrected chi connectivity index (χ2v) is 9.93. The van der Waals surface area contributed by atoms with E-state index in [1.807, 2.05) is 0 Å². The average Bonchev–Trinajstić information content (AvgIpc) is 2.44. The number of alkyl halides is 3. The lowest BCUT2D eigenvalue weighted by atomic mass is 10.1. The minimum Gasteiger partial charge on any atom is -0.326 e. The summed E-state index contributed by atoms with van der Waals surface area (Å²) in [5.74, 6) is -0.759. The highest BCUT2D eigenvalue weighted by atomic mass is 79.9. The third kappa shape index (κ3) is 6.64. The first-order valence-electron chi connectivity index (χ1n) is 7.50. The molecule has 0 heterocycles. The van der Waals surface area contributed by atoms with E-state index in [2.05, 4.69) is 32.5 Å². The topological polar surface area (TPSA) is 75.3 Å². The molecule has 1 aromatic rings. The minimum absolute atomic E-state index is 0.0178. The summed E-state index contributed by atoms with van der Waals surface area (Å²) < 4.78 is 63.1. The smallest absolute Gasteiger partial charge is 0.326 e. The van der Waals surface area contributed by atoms with E-state index in [1.165, 1.54) is 39.0 Å². The second-order valence-electron chi connectivity index (χ2n) is 6.58. The van der Waals surface area contributed by atoms with Crippen LogP contribution in [0.2, 0.25) is 0 Å². The molecule has 2 N–H and O–H groups in total. The lowest BCUT2D eigenvalue weighted by molar-refractivity contribution is -0.134. The van der Waals surface area contributed by atoms with Crippen molar-refractivity contribution in [1.82, 2.24) is 5.32 Å². The Kier molecular flexibility index (Phi) is 6.92. The first kappa shape index (κ1) is 22.5. The van der Waals surface area contributed by atoms with Crippen molar-refractivity contribution in [1.29, 1.82) is 0 Å². The highest BCUT2D eigenvalue weighted by Gasteiger charge is 2.30. The molecule has 0 aliphatic rings. The normalized spacial score (nSPS) is 12.6. The molecule has 1 amide bonds. The van der Waals surface area contributed by atoms with Crippen molar-refractivity contribution in [3.8, 4) is 0 Å². The first-order chi connectivity index (χ1) is 11.6. The second kappa shape index (κ2) is 7.99. The molecule has 1 rings (SSSR count). The van der Waals surface area contributed by atoms with Gasteiger partial charge >= 0.3 is 6.18 Å². The van der Waals surface area contributed by atoms with Gasteiger partial charge in [-0.05, 0) is 45.4 Å². The van der Waals surface area contributed by atoms with E-state index in [4.69, 9.17) is 0 Å². The van der Waals surface area contributed by atoms with Gasteiger partial charge in [-0.3, -0.25) is 9.52 Å². The van der Waals surface area contributed by atoms with Crippen LogP contribution in [0.4, 0.5) is 18.9 Å². The number of halogens is 4. The van der Waals surface area contributed by atoms with Crippen LogP contribution in [0.5, 0.6) is 0 Å². The summed E-state index contributed by atoms with van der Waals surface area (Å²) in [7, 11) is -3.79. The predicted octanol–water partition coefficient (Wildman–Crippen LogP) is 4.58. The number of benzene rings is 1. The number of rotatable bonds is 6. The van der Waals surface area contributed by atoms with E-state index in [9.17, 15) is 26.4 Å². The Balaban J connectivity index is 3.03. The highest BCUT2D eigenvalue weighted by molar-refractivity contribution is 9.10. The van der Waals surface area contributed by atoms with Crippen molar-refractivity contribution in [3.05, 3.63) is 40.5 Å². The molecule has 0 radical (unpaired) electrons. The Hall–Kier alpha value is -1.55. The first-order valence-corrected chi connectivity index (χ1v) is 9.78. The van der Waals surface area contributed by atoms with Crippen LogP contribution in [-0.4, -0.2) is 25.2 Å². The zero-order valence-electron chi connectivity index (χ0n) is 14.5. The maximum absolute atomic E-state index is 12.4. The van der Waals surface area contributed by atoms with Crippen molar-refractivity contribution in [3.63, 3.8) is 0 Å². The monoisotopic (exact) mass is 456 g/mol. The van der Waals surface area contributed by atoms with Gasteiger partial charge in [-0.25, -0.2) is 8.42 Å². The Morgan fingerprint density at radius 2 is 1.81 bits per heavy atom. The van der Waals surface area contributed by atoms with Crippen LogP contribution in [0.1, 0.15) is 44.0 Å². The molecule has 0 aliphatic carbocycles. The largest absolute Gasteiger partial charge is 0.389 e. The summed E-state index contributed by atoms with van der Waals surface area (Å²) >= 11 is 3.18. The molecule has 0 unspecified atom stereocenters. The van der Waals surface area contributed by atoms with E-state index >= 15 is 0 Å². The number of hydrogen-bond donors (Lipinski definition) is 2. The molecule has 10 heteroatoms. The van der Waals surface area contributed by atoms with Gasteiger partial charge in [0.25, 0.3) is 5.91 Å². The highest BCUT2D eigenvalue weighted by Crippen LogP contribution is 2.26. The summed E-state index contributed by atoms with van der Waals surface area (Å²) in [4.78, 5) is 12.4. The van der Waals surface area contributed by atoms with Crippen molar-refractivity contribution >= 4 is 37.5 Å². The third-order valence-corrected chi connectivity index (χ3v) is 5.87. The molecular weight excluding hydrogens is 437 g/mol. The molecule has 0 saturated carbocycles. The van der Waals surface area contributed by atoms with Crippen LogP contribution in [-0.2, 0) is 10.0 Å². The Bertz CT molecular complexity index is 800. The van der Waals surface area contributed by atoms with Gasteiger partial charge in [0.2, 0.25) is 10.0 Å². The van der Waals surface area contributed by atoms with Gasteiger partial charge in [0, 0.05) is 16.6 Å².